The van der Waals surface area contributed by atoms with E-state index in [4.69, 9.17) is 0 Å². The first-order valence-corrected chi connectivity index (χ1v) is 8.80. The summed E-state index contributed by atoms with van der Waals surface area (Å²) in [6, 6.07) is 4.01. The van der Waals surface area contributed by atoms with Crippen LogP contribution in [0.5, 0.6) is 0 Å². The third-order valence-electron chi connectivity index (χ3n) is 4.97. The molecule has 3 aromatic heterocycles. The van der Waals surface area contributed by atoms with Crippen LogP contribution in [0.4, 0.5) is 5.82 Å². The van der Waals surface area contributed by atoms with Gasteiger partial charge in [0.25, 0.3) is 0 Å². The second-order valence-electron chi connectivity index (χ2n) is 7.58. The van der Waals surface area contributed by atoms with Crippen molar-refractivity contribution in [2.75, 3.05) is 5.32 Å². The SMILES string of the molecule is CCC(=O)Nc1cn2cc(-c3n[nH]c4c3CCC(C)(C)C4)ccc2n1. The highest BCUT2D eigenvalue weighted by atomic mass is 16.1. The van der Waals surface area contributed by atoms with Crippen LogP contribution in [-0.4, -0.2) is 25.5 Å². The number of aromatic nitrogens is 4. The van der Waals surface area contributed by atoms with E-state index in [1.165, 1.54) is 17.7 Å². The molecule has 0 unspecified atom stereocenters. The molecular weight excluding hydrogens is 314 g/mol. The molecule has 6 nitrogen and oxygen atoms in total. The van der Waals surface area contributed by atoms with Crippen LogP contribution >= 0.6 is 0 Å². The normalized spacial score (nSPS) is 16.0. The van der Waals surface area contributed by atoms with Gasteiger partial charge < -0.3 is 9.72 Å². The first-order chi connectivity index (χ1) is 11.9. The lowest BCUT2D eigenvalue weighted by molar-refractivity contribution is -0.115. The van der Waals surface area contributed by atoms with Gasteiger partial charge in [-0.05, 0) is 36.8 Å². The van der Waals surface area contributed by atoms with Gasteiger partial charge in [0.05, 0.1) is 11.9 Å². The molecule has 0 aliphatic heterocycles. The molecule has 4 rings (SSSR count). The van der Waals surface area contributed by atoms with Crippen molar-refractivity contribution in [3.05, 3.63) is 35.8 Å². The van der Waals surface area contributed by atoms with E-state index >= 15 is 0 Å². The highest BCUT2D eigenvalue weighted by Crippen LogP contribution is 2.37. The second-order valence-corrected chi connectivity index (χ2v) is 7.58. The van der Waals surface area contributed by atoms with Crippen molar-refractivity contribution in [1.82, 2.24) is 19.6 Å². The van der Waals surface area contributed by atoms with Crippen molar-refractivity contribution in [2.45, 2.75) is 46.5 Å². The van der Waals surface area contributed by atoms with Crippen LogP contribution in [0.2, 0.25) is 0 Å². The van der Waals surface area contributed by atoms with E-state index in [1.807, 2.05) is 35.9 Å². The zero-order chi connectivity index (χ0) is 17.6. The molecule has 0 aromatic carbocycles. The monoisotopic (exact) mass is 337 g/mol. The molecule has 0 bridgehead atoms. The summed E-state index contributed by atoms with van der Waals surface area (Å²) in [5.74, 6) is 0.544. The first kappa shape index (κ1) is 15.9. The lowest BCUT2D eigenvalue weighted by Gasteiger charge is -2.29. The Hall–Kier alpha value is -2.63. The third kappa shape index (κ3) is 2.92. The van der Waals surface area contributed by atoms with E-state index in [0.29, 0.717) is 17.7 Å². The van der Waals surface area contributed by atoms with Gasteiger partial charge in [0, 0.05) is 29.4 Å². The van der Waals surface area contributed by atoms with E-state index in [1.54, 1.807) is 0 Å². The van der Waals surface area contributed by atoms with Gasteiger partial charge in [-0.15, -0.1) is 0 Å². The molecular formula is C19H23N5O. The third-order valence-corrected chi connectivity index (χ3v) is 4.97. The minimum Gasteiger partial charge on any atom is -0.309 e. The number of nitrogens with zero attached hydrogens (tertiary/aromatic N) is 3. The number of H-pyrrole nitrogens is 1. The van der Waals surface area contributed by atoms with Crippen LogP contribution in [0.25, 0.3) is 16.9 Å². The Balaban J connectivity index is 1.69. The maximum atomic E-state index is 11.6. The molecule has 0 saturated carbocycles. The van der Waals surface area contributed by atoms with Crippen molar-refractivity contribution in [3.8, 4) is 11.3 Å². The zero-order valence-electron chi connectivity index (χ0n) is 14.9. The number of aromatic amines is 1. The van der Waals surface area contributed by atoms with E-state index in [2.05, 4.69) is 34.3 Å². The van der Waals surface area contributed by atoms with Gasteiger partial charge in [-0.25, -0.2) is 4.98 Å². The van der Waals surface area contributed by atoms with Crippen molar-refractivity contribution in [2.24, 2.45) is 5.41 Å². The standard InChI is InChI=1S/C19H23N5O/c1-4-17(25)21-15-11-24-10-12(5-6-16(24)20-15)18-13-7-8-19(2,3)9-14(13)22-23-18/h5-6,10-11H,4,7-9H2,1-3H3,(H,21,25)(H,22,23). The average Bonchev–Trinajstić information content (AvgIpc) is 3.15. The minimum absolute atomic E-state index is 0.0346. The van der Waals surface area contributed by atoms with Crippen molar-refractivity contribution >= 4 is 17.4 Å². The van der Waals surface area contributed by atoms with Gasteiger partial charge in [-0.3, -0.25) is 9.89 Å². The largest absolute Gasteiger partial charge is 0.309 e. The number of amides is 1. The Labute approximate surface area is 146 Å². The van der Waals surface area contributed by atoms with Gasteiger partial charge in [-0.1, -0.05) is 20.8 Å². The molecule has 1 aliphatic carbocycles. The van der Waals surface area contributed by atoms with Gasteiger partial charge >= 0.3 is 0 Å². The predicted octanol–water partition coefficient (Wildman–Crippen LogP) is 3.59. The van der Waals surface area contributed by atoms with Crippen molar-refractivity contribution in [1.29, 1.82) is 0 Å². The summed E-state index contributed by atoms with van der Waals surface area (Å²) in [6.45, 7) is 6.44. The quantitative estimate of drug-likeness (QED) is 0.767. The minimum atomic E-state index is -0.0346. The molecule has 25 heavy (non-hydrogen) atoms. The van der Waals surface area contributed by atoms with Gasteiger partial charge in [0.15, 0.2) is 5.82 Å². The number of anilines is 1. The number of pyridine rings is 1. The van der Waals surface area contributed by atoms with E-state index < -0.39 is 0 Å². The lowest BCUT2D eigenvalue weighted by atomic mass is 9.76. The van der Waals surface area contributed by atoms with E-state index in [9.17, 15) is 4.79 Å². The van der Waals surface area contributed by atoms with Gasteiger partial charge in [0.1, 0.15) is 5.65 Å². The molecule has 3 heterocycles. The highest BCUT2D eigenvalue weighted by molar-refractivity contribution is 5.89. The Morgan fingerprint density at radius 3 is 3.00 bits per heavy atom. The molecule has 0 spiro atoms. The Morgan fingerprint density at radius 1 is 1.36 bits per heavy atom. The summed E-state index contributed by atoms with van der Waals surface area (Å²) in [4.78, 5) is 16.0. The van der Waals surface area contributed by atoms with Crippen molar-refractivity contribution < 1.29 is 4.79 Å². The molecule has 6 heteroatoms. The summed E-state index contributed by atoms with van der Waals surface area (Å²) in [5.41, 5.74) is 5.82. The van der Waals surface area contributed by atoms with Crippen LogP contribution < -0.4 is 5.32 Å². The first-order valence-electron chi connectivity index (χ1n) is 8.80. The molecule has 3 aromatic rings. The summed E-state index contributed by atoms with van der Waals surface area (Å²) in [7, 11) is 0. The molecule has 130 valence electrons. The highest BCUT2D eigenvalue weighted by Gasteiger charge is 2.29. The number of imidazole rings is 1. The fraction of sp³-hybridized carbons (Fsp3) is 0.421. The lowest BCUT2D eigenvalue weighted by Crippen LogP contribution is -2.21. The molecule has 0 fully saturated rings. The van der Waals surface area contributed by atoms with E-state index in [-0.39, 0.29) is 5.91 Å². The summed E-state index contributed by atoms with van der Waals surface area (Å²) in [5, 5.41) is 10.6. The maximum absolute atomic E-state index is 11.6. The topological polar surface area (TPSA) is 75.1 Å². The Morgan fingerprint density at radius 2 is 2.20 bits per heavy atom. The van der Waals surface area contributed by atoms with Gasteiger partial charge in [0.2, 0.25) is 5.91 Å². The summed E-state index contributed by atoms with van der Waals surface area (Å²) in [6.07, 6.45) is 7.57. The van der Waals surface area contributed by atoms with E-state index in [0.717, 1.165) is 29.7 Å². The summed E-state index contributed by atoms with van der Waals surface area (Å²) >= 11 is 0. The second kappa shape index (κ2) is 5.72. The number of carbonyl (C=O) groups is 1. The van der Waals surface area contributed by atoms with Crippen molar-refractivity contribution in [3.63, 3.8) is 0 Å². The number of hydrogen-bond donors (Lipinski definition) is 2. The fourth-order valence-electron chi connectivity index (χ4n) is 3.51. The number of carbonyl (C=O) groups excluding carboxylic acids is 1. The average molecular weight is 337 g/mol. The number of hydrogen-bond acceptors (Lipinski definition) is 3. The molecule has 1 amide bonds. The zero-order valence-corrected chi connectivity index (χ0v) is 14.9. The summed E-state index contributed by atoms with van der Waals surface area (Å²) < 4.78 is 1.94. The molecule has 0 radical (unpaired) electrons. The smallest absolute Gasteiger partial charge is 0.225 e. The van der Waals surface area contributed by atoms with Gasteiger partial charge in [-0.2, -0.15) is 5.10 Å². The fourth-order valence-corrected chi connectivity index (χ4v) is 3.51. The predicted molar refractivity (Wildman–Crippen MR) is 97.5 cm³/mol. The molecule has 0 saturated heterocycles. The molecule has 2 N–H and O–H groups in total. The number of nitrogens with one attached hydrogen (secondary N) is 2. The number of fused-ring (bicyclic) bond motifs is 2. The van der Waals surface area contributed by atoms with Crippen LogP contribution in [0.15, 0.2) is 24.5 Å². The molecule has 1 aliphatic rings. The Kier molecular flexibility index (Phi) is 3.63. The molecule has 0 atom stereocenters. The van der Waals surface area contributed by atoms with Crippen LogP contribution in [0.3, 0.4) is 0 Å². The Bertz CT molecular complexity index is 950. The van der Waals surface area contributed by atoms with Crippen LogP contribution in [0.1, 0.15) is 44.9 Å². The maximum Gasteiger partial charge on any atom is 0.225 e. The van der Waals surface area contributed by atoms with Crippen LogP contribution in [-0.2, 0) is 17.6 Å². The number of rotatable bonds is 3. The van der Waals surface area contributed by atoms with Crippen LogP contribution in [0, 0.1) is 5.41 Å².